The lowest BCUT2D eigenvalue weighted by molar-refractivity contribution is 0.0187. The van der Waals surface area contributed by atoms with Gasteiger partial charge in [0.05, 0.1) is 4.90 Å². The molecule has 1 aliphatic heterocycles. The molecule has 1 aliphatic rings. The summed E-state index contributed by atoms with van der Waals surface area (Å²) >= 11 is 0. The normalized spacial score (nSPS) is 15.2. The molecular weight excluding hydrogens is 456 g/mol. The van der Waals surface area contributed by atoms with E-state index < -0.39 is 15.6 Å². The molecule has 186 valence electrons. The third-order valence-corrected chi connectivity index (χ3v) is 7.03. The Labute approximate surface area is 201 Å². The van der Waals surface area contributed by atoms with Crippen LogP contribution in [0.15, 0.2) is 47.5 Å². The molecule has 0 bridgehead atoms. The summed E-state index contributed by atoms with van der Waals surface area (Å²) in [5.74, 6) is -0.269. The van der Waals surface area contributed by atoms with Crippen LogP contribution in [-0.2, 0) is 14.8 Å². The summed E-state index contributed by atoms with van der Waals surface area (Å²) in [5, 5.41) is 2.78. The van der Waals surface area contributed by atoms with Crippen molar-refractivity contribution in [3.63, 3.8) is 0 Å². The number of aromatic nitrogens is 1. The van der Waals surface area contributed by atoms with E-state index in [4.69, 9.17) is 4.74 Å². The molecule has 0 unspecified atom stereocenters. The first-order valence-electron chi connectivity index (χ1n) is 11.5. The lowest BCUT2D eigenvalue weighted by atomic mass is 10.0. The van der Waals surface area contributed by atoms with Gasteiger partial charge in [-0.1, -0.05) is 17.7 Å². The van der Waals surface area contributed by atoms with Crippen LogP contribution in [0, 0.1) is 6.92 Å². The van der Waals surface area contributed by atoms with E-state index in [0.29, 0.717) is 31.6 Å². The third-order valence-electron chi connectivity index (χ3n) is 5.56. The van der Waals surface area contributed by atoms with Crippen LogP contribution in [0.4, 0.5) is 4.79 Å². The van der Waals surface area contributed by atoms with E-state index in [-0.39, 0.29) is 36.0 Å². The van der Waals surface area contributed by atoms with Gasteiger partial charge in [-0.2, -0.15) is 0 Å². The highest BCUT2D eigenvalue weighted by atomic mass is 32.2. The molecule has 2 heterocycles. The molecule has 0 radical (unpaired) electrons. The molecule has 1 aromatic heterocycles. The van der Waals surface area contributed by atoms with Gasteiger partial charge in [0.2, 0.25) is 10.0 Å². The Kier molecular flexibility index (Phi) is 8.04. The molecule has 9 nitrogen and oxygen atoms in total. The second kappa shape index (κ2) is 10.6. The number of carbonyl (C=O) groups is 2. The van der Waals surface area contributed by atoms with E-state index in [9.17, 15) is 18.0 Å². The quantitative estimate of drug-likeness (QED) is 0.580. The van der Waals surface area contributed by atoms with E-state index in [1.807, 2.05) is 44.5 Å². The Bertz CT molecular complexity index is 1100. The summed E-state index contributed by atoms with van der Waals surface area (Å²) in [4.78, 5) is 26.9. The number of benzene rings is 1. The van der Waals surface area contributed by atoms with Crippen LogP contribution in [0.2, 0.25) is 0 Å². The van der Waals surface area contributed by atoms with E-state index in [2.05, 4.69) is 10.0 Å². The number of carbonyl (C=O) groups excluding carboxylic acids is 2. The number of amides is 2. The summed E-state index contributed by atoms with van der Waals surface area (Å²) < 4.78 is 34.6. The molecule has 0 saturated carbocycles. The zero-order valence-electron chi connectivity index (χ0n) is 20.2. The van der Waals surface area contributed by atoms with Gasteiger partial charge < -0.3 is 19.5 Å². The van der Waals surface area contributed by atoms with Gasteiger partial charge in [0, 0.05) is 38.4 Å². The lowest BCUT2D eigenvalue weighted by Gasteiger charge is -2.34. The van der Waals surface area contributed by atoms with Crippen LogP contribution in [0.1, 0.15) is 55.7 Å². The predicted molar refractivity (Wildman–Crippen MR) is 129 cm³/mol. The molecule has 2 aromatic rings. The summed E-state index contributed by atoms with van der Waals surface area (Å²) in [6.45, 7) is 8.77. The maximum atomic E-state index is 12.7. The minimum Gasteiger partial charge on any atom is -0.444 e. The molecule has 3 rings (SSSR count). The summed E-state index contributed by atoms with van der Waals surface area (Å²) in [6, 6.07) is 10.2. The van der Waals surface area contributed by atoms with Crippen molar-refractivity contribution in [3.05, 3.63) is 53.9 Å². The van der Waals surface area contributed by atoms with Crippen LogP contribution in [0.5, 0.6) is 0 Å². The molecule has 2 amide bonds. The monoisotopic (exact) mass is 490 g/mol. The topological polar surface area (TPSA) is 110 Å². The van der Waals surface area contributed by atoms with E-state index in [0.717, 1.165) is 5.56 Å². The van der Waals surface area contributed by atoms with Crippen molar-refractivity contribution in [2.45, 2.75) is 57.1 Å². The number of hydrogen-bond acceptors (Lipinski definition) is 5. The van der Waals surface area contributed by atoms with Gasteiger partial charge in [-0.05, 0) is 64.8 Å². The van der Waals surface area contributed by atoms with Crippen molar-refractivity contribution in [1.29, 1.82) is 0 Å². The van der Waals surface area contributed by atoms with E-state index in [1.54, 1.807) is 35.2 Å². The van der Waals surface area contributed by atoms with Gasteiger partial charge in [-0.15, -0.1) is 0 Å². The van der Waals surface area contributed by atoms with Crippen molar-refractivity contribution in [2.24, 2.45) is 0 Å². The van der Waals surface area contributed by atoms with Gasteiger partial charge in [-0.3, -0.25) is 4.79 Å². The zero-order valence-corrected chi connectivity index (χ0v) is 21.0. The zero-order chi connectivity index (χ0) is 24.9. The Morgan fingerprint density at radius 2 is 1.71 bits per heavy atom. The minimum absolute atomic E-state index is 0.0803. The highest BCUT2D eigenvalue weighted by Crippen LogP contribution is 2.25. The lowest BCUT2D eigenvalue weighted by Crippen LogP contribution is -2.42. The third kappa shape index (κ3) is 6.83. The van der Waals surface area contributed by atoms with Crippen molar-refractivity contribution >= 4 is 22.0 Å². The Morgan fingerprint density at radius 3 is 2.32 bits per heavy atom. The van der Waals surface area contributed by atoms with Crippen LogP contribution >= 0.6 is 0 Å². The molecule has 1 saturated heterocycles. The molecule has 34 heavy (non-hydrogen) atoms. The Balaban J connectivity index is 1.49. The molecule has 1 aromatic carbocycles. The predicted octanol–water partition coefficient (Wildman–Crippen LogP) is 3.08. The number of likely N-dealkylation sites (tertiary alicyclic amines) is 1. The van der Waals surface area contributed by atoms with Crippen LogP contribution < -0.4 is 10.0 Å². The molecule has 1 fully saturated rings. The van der Waals surface area contributed by atoms with Gasteiger partial charge in [0.25, 0.3) is 5.91 Å². The van der Waals surface area contributed by atoms with Gasteiger partial charge in [0.1, 0.15) is 11.3 Å². The largest absolute Gasteiger partial charge is 0.444 e. The molecule has 2 N–H and O–H groups in total. The molecular formula is C24H34N4O5S. The average Bonchev–Trinajstić information content (AvgIpc) is 3.26. The van der Waals surface area contributed by atoms with Crippen LogP contribution in [0.3, 0.4) is 0 Å². The first kappa shape index (κ1) is 25.8. The second-order valence-corrected chi connectivity index (χ2v) is 11.2. The number of sulfonamides is 1. The fourth-order valence-electron chi connectivity index (χ4n) is 3.81. The number of hydrogen-bond donors (Lipinski definition) is 2. The number of ether oxygens (including phenoxy) is 1. The minimum atomic E-state index is -3.63. The van der Waals surface area contributed by atoms with Crippen molar-refractivity contribution in [3.8, 4) is 0 Å². The maximum Gasteiger partial charge on any atom is 0.410 e. The highest BCUT2D eigenvalue weighted by molar-refractivity contribution is 7.89. The maximum absolute atomic E-state index is 12.7. The van der Waals surface area contributed by atoms with E-state index >= 15 is 0 Å². The smallest absolute Gasteiger partial charge is 0.410 e. The first-order valence-corrected chi connectivity index (χ1v) is 12.9. The van der Waals surface area contributed by atoms with Gasteiger partial charge >= 0.3 is 6.09 Å². The van der Waals surface area contributed by atoms with E-state index in [1.165, 1.54) is 0 Å². The van der Waals surface area contributed by atoms with Gasteiger partial charge in [0.15, 0.2) is 0 Å². The van der Waals surface area contributed by atoms with Crippen molar-refractivity contribution in [1.82, 2.24) is 19.5 Å². The fourth-order valence-corrected chi connectivity index (χ4v) is 4.84. The van der Waals surface area contributed by atoms with Gasteiger partial charge in [-0.25, -0.2) is 17.9 Å². The van der Waals surface area contributed by atoms with Crippen LogP contribution in [0.25, 0.3) is 0 Å². The molecule has 0 spiro atoms. The Hall–Kier alpha value is -2.85. The summed E-state index contributed by atoms with van der Waals surface area (Å²) in [6.07, 6.45) is 2.97. The SMILES string of the molecule is Cc1ccc(S(=O)(=O)NCCNC(=O)c2cccn2C2CCN(C(=O)OC(C)(C)C)CC2)cc1. The number of aryl methyl sites for hydroxylation is 1. The number of nitrogens with one attached hydrogen (secondary N) is 2. The fraction of sp³-hybridized carbons (Fsp3) is 0.500. The standard InChI is InChI=1S/C24H34N4O5S/c1-18-7-9-20(10-8-18)34(31,32)26-14-13-25-22(29)21-6-5-15-28(21)19-11-16-27(17-12-19)23(30)33-24(2,3)4/h5-10,15,19,26H,11-14,16-17H2,1-4H3,(H,25,29). The highest BCUT2D eigenvalue weighted by Gasteiger charge is 2.28. The molecule has 0 atom stereocenters. The molecule has 10 heteroatoms. The van der Waals surface area contributed by atoms with Crippen molar-refractivity contribution < 1.29 is 22.7 Å². The van der Waals surface area contributed by atoms with Crippen LogP contribution in [-0.4, -0.2) is 61.7 Å². The number of nitrogens with zero attached hydrogens (tertiary/aromatic N) is 2. The molecule has 0 aliphatic carbocycles. The van der Waals surface area contributed by atoms with Crippen molar-refractivity contribution in [2.75, 3.05) is 26.2 Å². The summed E-state index contributed by atoms with van der Waals surface area (Å²) in [5.41, 5.74) is 0.954. The summed E-state index contributed by atoms with van der Waals surface area (Å²) in [7, 11) is -3.63. The number of rotatable bonds is 7. The Morgan fingerprint density at radius 1 is 1.06 bits per heavy atom. The second-order valence-electron chi connectivity index (χ2n) is 9.47. The first-order chi connectivity index (χ1) is 16.0. The number of piperidine rings is 1. The average molecular weight is 491 g/mol.